The Morgan fingerprint density at radius 2 is 1.76 bits per heavy atom. The summed E-state index contributed by atoms with van der Waals surface area (Å²) in [6.45, 7) is 0. The zero-order valence-corrected chi connectivity index (χ0v) is 10.1. The Labute approximate surface area is 101 Å². The Morgan fingerprint density at radius 1 is 1.06 bits per heavy atom. The topological polar surface area (TPSA) is 35.2 Å². The first-order valence-electron chi connectivity index (χ1n) is 6.10. The van der Waals surface area contributed by atoms with Gasteiger partial charge in [-0.3, -0.25) is 0 Å². The van der Waals surface area contributed by atoms with Gasteiger partial charge in [0.25, 0.3) is 0 Å². The summed E-state index contributed by atoms with van der Waals surface area (Å²) in [4.78, 5) is 0. The normalized spacial score (nSPS) is 17.8. The summed E-state index contributed by atoms with van der Waals surface area (Å²) in [5.74, 6) is 0.923. The smallest absolute Gasteiger partial charge is 0.126 e. The van der Waals surface area contributed by atoms with E-state index in [1.165, 1.54) is 17.4 Å². The van der Waals surface area contributed by atoms with Crippen molar-refractivity contribution in [2.24, 2.45) is 5.73 Å². The molecule has 3 rings (SSSR count). The molecule has 0 aromatic heterocycles. The van der Waals surface area contributed by atoms with Gasteiger partial charge in [-0.1, -0.05) is 30.3 Å². The average molecular weight is 227 g/mol. The standard InChI is InChI=1S/C15H17NO/c1-17-14-8-3-5-11-12(14)6-2-7-13(11)15(16)9-4-10-15/h2-3,5-8H,4,9-10,16H2,1H3. The Morgan fingerprint density at radius 3 is 2.41 bits per heavy atom. The molecule has 0 unspecified atom stereocenters. The van der Waals surface area contributed by atoms with E-state index in [1.54, 1.807) is 7.11 Å². The molecule has 1 saturated carbocycles. The minimum absolute atomic E-state index is 0.119. The van der Waals surface area contributed by atoms with E-state index in [0.717, 1.165) is 24.0 Å². The lowest BCUT2D eigenvalue weighted by Crippen LogP contribution is -2.43. The molecule has 0 radical (unpaired) electrons. The number of fused-ring (bicyclic) bond motifs is 1. The third-order valence-electron chi connectivity index (χ3n) is 3.88. The van der Waals surface area contributed by atoms with Crippen LogP contribution in [0.3, 0.4) is 0 Å². The number of hydrogen-bond donors (Lipinski definition) is 1. The van der Waals surface area contributed by atoms with Crippen molar-refractivity contribution in [1.29, 1.82) is 0 Å². The molecule has 2 aromatic carbocycles. The van der Waals surface area contributed by atoms with Crippen LogP contribution < -0.4 is 10.5 Å². The van der Waals surface area contributed by atoms with Crippen molar-refractivity contribution in [3.05, 3.63) is 42.0 Å². The van der Waals surface area contributed by atoms with Crippen LogP contribution in [0, 0.1) is 0 Å². The van der Waals surface area contributed by atoms with Gasteiger partial charge in [0.15, 0.2) is 0 Å². The fourth-order valence-electron chi connectivity index (χ4n) is 2.72. The molecule has 0 bridgehead atoms. The van der Waals surface area contributed by atoms with Crippen molar-refractivity contribution >= 4 is 10.8 Å². The summed E-state index contributed by atoms with van der Waals surface area (Å²) in [6.07, 6.45) is 3.41. The van der Waals surface area contributed by atoms with Gasteiger partial charge in [-0.15, -0.1) is 0 Å². The van der Waals surface area contributed by atoms with Gasteiger partial charge in [-0.05, 0) is 36.3 Å². The van der Waals surface area contributed by atoms with Crippen LogP contribution in [-0.2, 0) is 5.54 Å². The molecule has 0 heterocycles. The molecule has 88 valence electrons. The van der Waals surface area contributed by atoms with Crippen molar-refractivity contribution in [3.8, 4) is 5.75 Å². The molecule has 0 amide bonds. The van der Waals surface area contributed by atoms with Gasteiger partial charge in [0.1, 0.15) is 5.75 Å². The monoisotopic (exact) mass is 227 g/mol. The van der Waals surface area contributed by atoms with E-state index in [4.69, 9.17) is 10.5 Å². The second kappa shape index (κ2) is 3.74. The lowest BCUT2D eigenvalue weighted by molar-refractivity contribution is 0.256. The van der Waals surface area contributed by atoms with E-state index in [2.05, 4.69) is 24.3 Å². The molecule has 0 saturated heterocycles. The molecule has 2 N–H and O–H groups in total. The number of hydrogen-bond acceptors (Lipinski definition) is 2. The highest BCUT2D eigenvalue weighted by Crippen LogP contribution is 2.42. The van der Waals surface area contributed by atoms with Gasteiger partial charge >= 0.3 is 0 Å². The molecule has 17 heavy (non-hydrogen) atoms. The van der Waals surface area contributed by atoms with Crippen LogP contribution in [0.15, 0.2) is 36.4 Å². The first-order chi connectivity index (χ1) is 8.24. The average Bonchev–Trinajstić information content (AvgIpc) is 2.34. The lowest BCUT2D eigenvalue weighted by Gasteiger charge is -2.39. The van der Waals surface area contributed by atoms with Gasteiger partial charge in [0.2, 0.25) is 0 Å². The first kappa shape index (κ1) is 10.6. The maximum absolute atomic E-state index is 6.44. The molecule has 0 spiro atoms. The van der Waals surface area contributed by atoms with Gasteiger partial charge < -0.3 is 10.5 Å². The van der Waals surface area contributed by atoms with Crippen molar-refractivity contribution < 1.29 is 4.74 Å². The van der Waals surface area contributed by atoms with E-state index in [-0.39, 0.29) is 5.54 Å². The fourth-order valence-corrected chi connectivity index (χ4v) is 2.72. The van der Waals surface area contributed by atoms with Crippen LogP contribution in [0.2, 0.25) is 0 Å². The van der Waals surface area contributed by atoms with Crippen LogP contribution in [0.4, 0.5) is 0 Å². The summed E-state index contributed by atoms with van der Waals surface area (Å²) in [7, 11) is 1.71. The lowest BCUT2D eigenvalue weighted by atomic mass is 9.71. The molecular formula is C15H17NO. The highest BCUT2D eigenvalue weighted by molar-refractivity contribution is 5.91. The number of nitrogens with two attached hydrogens (primary N) is 1. The van der Waals surface area contributed by atoms with Crippen molar-refractivity contribution in [3.63, 3.8) is 0 Å². The molecule has 1 fully saturated rings. The third kappa shape index (κ3) is 1.52. The highest BCUT2D eigenvalue weighted by Gasteiger charge is 2.35. The Hall–Kier alpha value is -1.54. The van der Waals surface area contributed by atoms with E-state index in [1.807, 2.05) is 12.1 Å². The van der Waals surface area contributed by atoms with Crippen molar-refractivity contribution in [2.75, 3.05) is 7.11 Å². The summed E-state index contributed by atoms with van der Waals surface area (Å²) in [6, 6.07) is 12.5. The zero-order valence-electron chi connectivity index (χ0n) is 10.1. The Bertz CT molecular complexity index is 558. The molecule has 0 atom stereocenters. The Kier molecular flexibility index (Phi) is 2.33. The van der Waals surface area contributed by atoms with Crippen LogP contribution >= 0.6 is 0 Å². The minimum Gasteiger partial charge on any atom is -0.496 e. The summed E-state index contributed by atoms with van der Waals surface area (Å²) >= 11 is 0. The number of benzene rings is 2. The van der Waals surface area contributed by atoms with Crippen molar-refractivity contribution in [1.82, 2.24) is 0 Å². The maximum Gasteiger partial charge on any atom is 0.126 e. The SMILES string of the molecule is COc1cccc2c(C3(N)CCC3)cccc12. The Balaban J connectivity index is 2.26. The van der Waals surface area contributed by atoms with E-state index in [0.29, 0.717) is 0 Å². The quantitative estimate of drug-likeness (QED) is 0.855. The van der Waals surface area contributed by atoms with Crippen LogP contribution in [0.1, 0.15) is 24.8 Å². The second-order valence-corrected chi connectivity index (χ2v) is 4.87. The molecule has 1 aliphatic rings. The van der Waals surface area contributed by atoms with Gasteiger partial charge in [-0.2, -0.15) is 0 Å². The number of rotatable bonds is 2. The molecule has 1 aliphatic carbocycles. The molecule has 0 aliphatic heterocycles. The van der Waals surface area contributed by atoms with E-state index >= 15 is 0 Å². The molecule has 2 aromatic rings. The summed E-state index contributed by atoms with van der Waals surface area (Å²) < 4.78 is 5.41. The second-order valence-electron chi connectivity index (χ2n) is 4.87. The minimum atomic E-state index is -0.119. The molecule has 2 heteroatoms. The number of methoxy groups -OCH3 is 1. The number of ether oxygens (including phenoxy) is 1. The van der Waals surface area contributed by atoms with Crippen molar-refractivity contribution in [2.45, 2.75) is 24.8 Å². The van der Waals surface area contributed by atoms with Gasteiger partial charge in [0.05, 0.1) is 7.11 Å². The summed E-state index contributed by atoms with van der Waals surface area (Å²) in [5, 5.41) is 2.39. The fraction of sp³-hybridized carbons (Fsp3) is 0.333. The van der Waals surface area contributed by atoms with Gasteiger partial charge in [-0.25, -0.2) is 0 Å². The molecule has 2 nitrogen and oxygen atoms in total. The van der Waals surface area contributed by atoms with Crippen LogP contribution in [0.25, 0.3) is 10.8 Å². The largest absolute Gasteiger partial charge is 0.496 e. The zero-order chi connectivity index (χ0) is 11.9. The molecular weight excluding hydrogens is 210 g/mol. The maximum atomic E-state index is 6.44. The summed E-state index contributed by atoms with van der Waals surface area (Å²) in [5.41, 5.74) is 7.59. The predicted octanol–water partition coefficient (Wildman–Crippen LogP) is 3.19. The van der Waals surface area contributed by atoms with Crippen LogP contribution in [0.5, 0.6) is 5.75 Å². The van der Waals surface area contributed by atoms with Gasteiger partial charge in [0, 0.05) is 10.9 Å². The third-order valence-corrected chi connectivity index (χ3v) is 3.88. The van der Waals surface area contributed by atoms with E-state index < -0.39 is 0 Å². The predicted molar refractivity (Wildman–Crippen MR) is 70.2 cm³/mol. The van der Waals surface area contributed by atoms with Crippen LogP contribution in [-0.4, -0.2) is 7.11 Å². The highest BCUT2D eigenvalue weighted by atomic mass is 16.5. The first-order valence-corrected chi connectivity index (χ1v) is 6.10. The van der Waals surface area contributed by atoms with E-state index in [9.17, 15) is 0 Å².